The van der Waals surface area contributed by atoms with Crippen molar-refractivity contribution in [2.45, 2.75) is 30.6 Å². The zero-order chi connectivity index (χ0) is 26.4. The molecule has 3 heterocycles. The van der Waals surface area contributed by atoms with Crippen molar-refractivity contribution in [2.24, 2.45) is 0 Å². The third kappa shape index (κ3) is 5.22. The van der Waals surface area contributed by atoms with Crippen LogP contribution in [0.5, 0.6) is 11.5 Å². The van der Waals surface area contributed by atoms with Crippen LogP contribution in [0.2, 0.25) is 0 Å². The van der Waals surface area contributed by atoms with Gasteiger partial charge in [-0.05, 0) is 29.8 Å². The summed E-state index contributed by atoms with van der Waals surface area (Å²) in [6, 6.07) is 9.49. The predicted octanol–water partition coefficient (Wildman–Crippen LogP) is 7.39. The minimum atomic E-state index is -4.91. The standard InChI is InChI=1S/C26H18F7N3O/c27-17-6-7-23(19(28)9-17)37-18-8-16-12-34-21(10-20(16)35-13-18)24(26(31,32)33)36-14-25(29,30)11-22(36)15-4-2-1-3-5-15/h1-10,12-13,22,24H,11,14H2. The number of pyridine rings is 2. The summed E-state index contributed by atoms with van der Waals surface area (Å²) >= 11 is 0. The number of rotatable bonds is 5. The molecule has 4 nitrogen and oxygen atoms in total. The maximum atomic E-state index is 14.4. The Balaban J connectivity index is 1.49. The molecule has 0 spiro atoms. The van der Waals surface area contributed by atoms with E-state index >= 15 is 0 Å². The van der Waals surface area contributed by atoms with Gasteiger partial charge in [0, 0.05) is 30.1 Å². The fourth-order valence-electron chi connectivity index (χ4n) is 4.53. The maximum Gasteiger partial charge on any atom is 0.409 e. The summed E-state index contributed by atoms with van der Waals surface area (Å²) in [6.07, 6.45) is -3.38. The lowest BCUT2D eigenvalue weighted by molar-refractivity contribution is -0.192. The van der Waals surface area contributed by atoms with E-state index in [1.54, 1.807) is 18.2 Å². The highest BCUT2D eigenvalue weighted by Crippen LogP contribution is 2.50. The first-order valence-corrected chi connectivity index (χ1v) is 11.1. The molecule has 0 bridgehead atoms. The second-order valence-corrected chi connectivity index (χ2v) is 8.75. The summed E-state index contributed by atoms with van der Waals surface area (Å²) in [5.74, 6) is -5.28. The number of nitrogens with zero attached hydrogens (tertiary/aromatic N) is 3. The van der Waals surface area contributed by atoms with Crippen LogP contribution in [0.3, 0.4) is 0 Å². The Morgan fingerprint density at radius 3 is 2.41 bits per heavy atom. The molecule has 5 rings (SSSR count). The summed E-state index contributed by atoms with van der Waals surface area (Å²) in [5, 5.41) is 0.274. The molecular formula is C26H18F7N3O. The molecule has 2 aromatic carbocycles. The molecule has 2 unspecified atom stereocenters. The molecule has 1 fully saturated rings. The number of fused-ring (bicyclic) bond motifs is 1. The molecule has 192 valence electrons. The van der Waals surface area contributed by atoms with E-state index in [1.165, 1.54) is 18.2 Å². The SMILES string of the molecule is Fc1ccc(Oc2cnc3cc(C(N4CC(F)(F)CC4c4ccccc4)C(F)(F)F)ncc3c2)c(F)c1. The van der Waals surface area contributed by atoms with Crippen LogP contribution in [0.1, 0.15) is 29.8 Å². The molecule has 0 saturated carbocycles. The highest BCUT2D eigenvalue weighted by atomic mass is 19.4. The highest BCUT2D eigenvalue weighted by molar-refractivity contribution is 5.79. The van der Waals surface area contributed by atoms with Crippen LogP contribution < -0.4 is 4.74 Å². The largest absolute Gasteiger partial charge is 0.453 e. The third-order valence-electron chi connectivity index (χ3n) is 6.10. The van der Waals surface area contributed by atoms with Gasteiger partial charge in [0.1, 0.15) is 17.6 Å². The van der Waals surface area contributed by atoms with Gasteiger partial charge in [0.15, 0.2) is 11.6 Å². The number of hydrogen-bond acceptors (Lipinski definition) is 4. The molecule has 11 heteroatoms. The summed E-state index contributed by atoms with van der Waals surface area (Å²) in [6.45, 7) is -1.08. The summed E-state index contributed by atoms with van der Waals surface area (Å²) in [4.78, 5) is 8.77. The van der Waals surface area contributed by atoms with E-state index in [0.717, 1.165) is 35.5 Å². The van der Waals surface area contributed by atoms with E-state index in [4.69, 9.17) is 4.74 Å². The number of halogens is 7. The van der Waals surface area contributed by atoms with Crippen molar-refractivity contribution in [2.75, 3.05) is 6.54 Å². The van der Waals surface area contributed by atoms with Crippen LogP contribution in [0.4, 0.5) is 30.7 Å². The van der Waals surface area contributed by atoms with Crippen molar-refractivity contribution in [3.8, 4) is 11.5 Å². The van der Waals surface area contributed by atoms with Crippen molar-refractivity contribution in [1.82, 2.24) is 14.9 Å². The van der Waals surface area contributed by atoms with Gasteiger partial charge in [-0.15, -0.1) is 0 Å². The van der Waals surface area contributed by atoms with Gasteiger partial charge in [0.25, 0.3) is 5.92 Å². The van der Waals surface area contributed by atoms with Gasteiger partial charge in [-0.25, -0.2) is 17.6 Å². The number of likely N-dealkylation sites (tertiary alicyclic amines) is 1. The average Bonchev–Trinajstić information content (AvgIpc) is 3.15. The van der Waals surface area contributed by atoms with Crippen molar-refractivity contribution >= 4 is 10.9 Å². The molecular weight excluding hydrogens is 503 g/mol. The first-order chi connectivity index (χ1) is 17.5. The molecule has 37 heavy (non-hydrogen) atoms. The minimum absolute atomic E-state index is 0.0447. The van der Waals surface area contributed by atoms with E-state index in [1.807, 2.05) is 0 Å². The summed E-state index contributed by atoms with van der Waals surface area (Å²) in [5.41, 5.74) is -0.0274. The molecule has 0 amide bonds. The highest BCUT2D eigenvalue weighted by Gasteiger charge is 2.55. The van der Waals surface area contributed by atoms with E-state index in [9.17, 15) is 30.7 Å². The van der Waals surface area contributed by atoms with Crippen LogP contribution in [0.25, 0.3) is 10.9 Å². The second kappa shape index (κ2) is 9.29. The smallest absolute Gasteiger partial charge is 0.409 e. The Morgan fingerprint density at radius 1 is 0.946 bits per heavy atom. The number of hydrogen-bond donors (Lipinski definition) is 0. The molecule has 1 saturated heterocycles. The van der Waals surface area contributed by atoms with Crippen LogP contribution in [-0.4, -0.2) is 33.5 Å². The van der Waals surface area contributed by atoms with Gasteiger partial charge < -0.3 is 4.74 Å². The molecule has 1 aliphatic heterocycles. The van der Waals surface area contributed by atoms with Crippen LogP contribution in [0.15, 0.2) is 73.1 Å². The van der Waals surface area contributed by atoms with Crippen LogP contribution in [-0.2, 0) is 0 Å². The zero-order valence-electron chi connectivity index (χ0n) is 18.9. The predicted molar refractivity (Wildman–Crippen MR) is 120 cm³/mol. The van der Waals surface area contributed by atoms with Crippen molar-refractivity contribution in [1.29, 1.82) is 0 Å². The van der Waals surface area contributed by atoms with E-state index in [2.05, 4.69) is 9.97 Å². The Bertz CT molecular complexity index is 1430. The Kier molecular flexibility index (Phi) is 6.26. The van der Waals surface area contributed by atoms with Crippen LogP contribution in [0, 0.1) is 11.6 Å². The van der Waals surface area contributed by atoms with Gasteiger partial charge in [-0.2, -0.15) is 13.2 Å². The fourth-order valence-corrected chi connectivity index (χ4v) is 4.53. The third-order valence-corrected chi connectivity index (χ3v) is 6.10. The Labute approximate surface area is 206 Å². The molecule has 0 N–H and O–H groups in total. The summed E-state index contributed by atoms with van der Waals surface area (Å²) < 4.78 is 104. The monoisotopic (exact) mass is 521 g/mol. The lowest BCUT2D eigenvalue weighted by atomic mass is 10.0. The van der Waals surface area contributed by atoms with E-state index < -0.39 is 54.5 Å². The first kappa shape index (κ1) is 24.9. The molecule has 0 radical (unpaired) electrons. The number of aromatic nitrogens is 2. The quantitative estimate of drug-likeness (QED) is 0.257. The van der Waals surface area contributed by atoms with E-state index in [0.29, 0.717) is 11.6 Å². The molecule has 0 aliphatic carbocycles. The Hall–Kier alpha value is -3.73. The lowest BCUT2D eigenvalue weighted by Crippen LogP contribution is -2.40. The zero-order valence-corrected chi connectivity index (χ0v) is 18.9. The second-order valence-electron chi connectivity index (χ2n) is 8.75. The normalized spacial score (nSPS) is 18.7. The number of benzene rings is 2. The van der Waals surface area contributed by atoms with Crippen molar-refractivity contribution in [3.05, 3.63) is 95.9 Å². The van der Waals surface area contributed by atoms with Gasteiger partial charge in [0.2, 0.25) is 0 Å². The van der Waals surface area contributed by atoms with Crippen molar-refractivity contribution < 1.29 is 35.5 Å². The van der Waals surface area contributed by atoms with Crippen molar-refractivity contribution in [3.63, 3.8) is 0 Å². The molecule has 2 atom stereocenters. The van der Waals surface area contributed by atoms with Crippen LogP contribution >= 0.6 is 0 Å². The summed E-state index contributed by atoms with van der Waals surface area (Å²) in [7, 11) is 0. The lowest BCUT2D eigenvalue weighted by Gasteiger charge is -2.33. The van der Waals surface area contributed by atoms with E-state index in [-0.39, 0.29) is 22.4 Å². The minimum Gasteiger partial charge on any atom is -0.453 e. The maximum absolute atomic E-state index is 14.4. The fraction of sp³-hybridized carbons (Fsp3) is 0.231. The number of alkyl halides is 5. The van der Waals surface area contributed by atoms with Gasteiger partial charge >= 0.3 is 6.18 Å². The Morgan fingerprint density at radius 2 is 1.70 bits per heavy atom. The molecule has 4 aromatic rings. The first-order valence-electron chi connectivity index (χ1n) is 11.1. The van der Waals surface area contributed by atoms with Gasteiger partial charge in [-0.3, -0.25) is 14.9 Å². The van der Waals surface area contributed by atoms with Gasteiger partial charge in [0.05, 0.1) is 24.0 Å². The average molecular weight is 521 g/mol. The molecule has 1 aliphatic rings. The molecule has 2 aromatic heterocycles. The topological polar surface area (TPSA) is 38.2 Å². The number of ether oxygens (including phenoxy) is 1. The van der Waals surface area contributed by atoms with Gasteiger partial charge in [-0.1, -0.05) is 30.3 Å².